The van der Waals surface area contributed by atoms with Crippen molar-refractivity contribution in [3.63, 3.8) is 0 Å². The summed E-state index contributed by atoms with van der Waals surface area (Å²) in [7, 11) is 0. The summed E-state index contributed by atoms with van der Waals surface area (Å²) in [6, 6.07) is 5.08. The van der Waals surface area contributed by atoms with Gasteiger partial charge in [0.2, 0.25) is 5.91 Å². The van der Waals surface area contributed by atoms with Gasteiger partial charge in [-0.1, -0.05) is 13.3 Å². The molecule has 0 bridgehead atoms. The van der Waals surface area contributed by atoms with Gasteiger partial charge in [0.05, 0.1) is 6.04 Å². The molecule has 2 amide bonds. The van der Waals surface area contributed by atoms with E-state index in [1.165, 1.54) is 24.3 Å². The Balaban J connectivity index is 0.00000288. The molecule has 1 aliphatic rings. The van der Waals surface area contributed by atoms with Crippen LogP contribution in [0.5, 0.6) is 0 Å². The van der Waals surface area contributed by atoms with Gasteiger partial charge in [0, 0.05) is 31.7 Å². The van der Waals surface area contributed by atoms with Crippen molar-refractivity contribution in [1.29, 1.82) is 0 Å². The first kappa shape index (κ1) is 20.4. The van der Waals surface area contributed by atoms with E-state index in [2.05, 4.69) is 0 Å². The average Bonchev–Trinajstić information content (AvgIpc) is 2.80. The minimum Gasteiger partial charge on any atom is -0.340 e. The molecule has 1 aliphatic heterocycles. The largest absolute Gasteiger partial charge is 0.340 e. The topological polar surface area (TPSA) is 66.6 Å². The Morgan fingerprint density at radius 1 is 1.12 bits per heavy atom. The molecule has 1 saturated heterocycles. The van der Waals surface area contributed by atoms with Crippen LogP contribution in [-0.2, 0) is 4.79 Å². The van der Waals surface area contributed by atoms with Crippen LogP contribution in [0.4, 0.5) is 4.39 Å². The average molecular weight is 358 g/mol. The van der Waals surface area contributed by atoms with E-state index in [1.807, 2.05) is 6.92 Å². The second-order valence-electron chi connectivity index (χ2n) is 5.87. The number of nitrogens with two attached hydrogens (primary N) is 1. The second-order valence-corrected chi connectivity index (χ2v) is 5.87. The zero-order chi connectivity index (χ0) is 16.8. The van der Waals surface area contributed by atoms with Crippen LogP contribution in [-0.4, -0.2) is 53.8 Å². The lowest BCUT2D eigenvalue weighted by molar-refractivity contribution is -0.132. The van der Waals surface area contributed by atoms with Gasteiger partial charge in [0.15, 0.2) is 0 Å². The van der Waals surface area contributed by atoms with Gasteiger partial charge in [0.25, 0.3) is 5.91 Å². The molecule has 1 heterocycles. The number of benzene rings is 1. The molecule has 1 aromatic rings. The van der Waals surface area contributed by atoms with Crippen LogP contribution in [0.1, 0.15) is 36.5 Å². The Morgan fingerprint density at radius 2 is 1.71 bits per heavy atom. The zero-order valence-electron chi connectivity index (χ0n) is 13.9. The van der Waals surface area contributed by atoms with Crippen molar-refractivity contribution in [3.05, 3.63) is 35.6 Å². The molecule has 5 nitrogen and oxygen atoms in total. The lowest BCUT2D eigenvalue weighted by Gasteiger charge is -2.24. The molecule has 2 rings (SSSR count). The number of amides is 2. The van der Waals surface area contributed by atoms with Gasteiger partial charge in [-0.2, -0.15) is 0 Å². The highest BCUT2D eigenvalue weighted by molar-refractivity contribution is 5.94. The first-order chi connectivity index (χ1) is 11.0. The van der Waals surface area contributed by atoms with E-state index >= 15 is 0 Å². The SMILES string of the molecule is CCCC(N)C(=O)N1CCCN(C(=O)c2ccc(F)cc2)CC1.Cl. The van der Waals surface area contributed by atoms with Crippen LogP contribution in [0.15, 0.2) is 24.3 Å². The molecule has 1 unspecified atom stereocenters. The van der Waals surface area contributed by atoms with Crippen LogP contribution >= 0.6 is 12.4 Å². The Kier molecular flexibility index (Phi) is 8.15. The zero-order valence-corrected chi connectivity index (χ0v) is 14.7. The van der Waals surface area contributed by atoms with E-state index in [-0.39, 0.29) is 30.0 Å². The summed E-state index contributed by atoms with van der Waals surface area (Å²) in [6.07, 6.45) is 2.26. The maximum absolute atomic E-state index is 13.0. The molecule has 0 radical (unpaired) electrons. The third-order valence-electron chi connectivity index (χ3n) is 4.10. The first-order valence-corrected chi connectivity index (χ1v) is 8.12. The smallest absolute Gasteiger partial charge is 0.253 e. The summed E-state index contributed by atoms with van der Waals surface area (Å²) >= 11 is 0. The normalized spacial score (nSPS) is 16.1. The van der Waals surface area contributed by atoms with Crippen molar-refractivity contribution in [2.75, 3.05) is 26.2 Å². The van der Waals surface area contributed by atoms with E-state index in [9.17, 15) is 14.0 Å². The minimum absolute atomic E-state index is 0. The third-order valence-corrected chi connectivity index (χ3v) is 4.10. The van der Waals surface area contributed by atoms with Crippen molar-refractivity contribution in [1.82, 2.24) is 9.80 Å². The lowest BCUT2D eigenvalue weighted by Crippen LogP contribution is -2.45. The molecule has 1 aromatic carbocycles. The molecule has 0 saturated carbocycles. The fourth-order valence-corrected chi connectivity index (χ4v) is 2.78. The predicted molar refractivity (Wildman–Crippen MR) is 93.6 cm³/mol. The quantitative estimate of drug-likeness (QED) is 0.896. The fraction of sp³-hybridized carbons (Fsp3) is 0.529. The Bertz CT molecular complexity index is 553. The number of nitrogens with zero attached hydrogens (tertiary/aromatic N) is 2. The predicted octanol–water partition coefficient (Wildman–Crippen LogP) is 2.05. The van der Waals surface area contributed by atoms with Crippen molar-refractivity contribution in [3.8, 4) is 0 Å². The standard InChI is InChI=1S/C17H24FN3O2.ClH/c1-2-4-15(19)17(23)21-10-3-9-20(11-12-21)16(22)13-5-7-14(18)8-6-13;/h5-8,15H,2-4,9-12,19H2,1H3;1H. The Morgan fingerprint density at radius 3 is 2.33 bits per heavy atom. The van der Waals surface area contributed by atoms with Crippen molar-refractivity contribution >= 4 is 24.2 Å². The van der Waals surface area contributed by atoms with Gasteiger partial charge < -0.3 is 15.5 Å². The summed E-state index contributed by atoms with van der Waals surface area (Å²) in [5.41, 5.74) is 6.37. The molecule has 1 fully saturated rings. The number of rotatable bonds is 4. The summed E-state index contributed by atoms with van der Waals surface area (Å²) in [5, 5.41) is 0. The maximum Gasteiger partial charge on any atom is 0.253 e. The van der Waals surface area contributed by atoms with Crippen molar-refractivity contribution in [2.24, 2.45) is 5.73 Å². The summed E-state index contributed by atoms with van der Waals surface area (Å²) in [4.78, 5) is 28.2. The fourth-order valence-electron chi connectivity index (χ4n) is 2.78. The number of carbonyl (C=O) groups is 2. The van der Waals surface area contributed by atoms with Crippen LogP contribution < -0.4 is 5.73 Å². The summed E-state index contributed by atoms with van der Waals surface area (Å²) in [5.74, 6) is -0.529. The van der Waals surface area contributed by atoms with E-state index in [4.69, 9.17) is 5.73 Å². The number of hydrogen-bond donors (Lipinski definition) is 1. The molecule has 0 aromatic heterocycles. The van der Waals surface area contributed by atoms with Crippen molar-refractivity contribution < 1.29 is 14.0 Å². The number of hydrogen-bond acceptors (Lipinski definition) is 3. The van der Waals surface area contributed by atoms with Crippen LogP contribution in [0.3, 0.4) is 0 Å². The summed E-state index contributed by atoms with van der Waals surface area (Å²) < 4.78 is 13.0. The van der Waals surface area contributed by atoms with Gasteiger partial charge in [-0.15, -0.1) is 12.4 Å². The number of carbonyl (C=O) groups excluding carboxylic acids is 2. The Hall–Kier alpha value is -1.66. The van der Waals surface area contributed by atoms with Gasteiger partial charge in [-0.05, 0) is 37.1 Å². The van der Waals surface area contributed by atoms with Crippen molar-refractivity contribution in [2.45, 2.75) is 32.2 Å². The van der Waals surface area contributed by atoms with Crippen LogP contribution in [0, 0.1) is 5.82 Å². The molecular weight excluding hydrogens is 333 g/mol. The van der Waals surface area contributed by atoms with Gasteiger partial charge in [0.1, 0.15) is 5.82 Å². The van der Waals surface area contributed by atoms with Crippen LogP contribution in [0.25, 0.3) is 0 Å². The molecule has 134 valence electrons. The van der Waals surface area contributed by atoms with E-state index in [1.54, 1.807) is 9.80 Å². The number of halogens is 2. The molecular formula is C17H25ClFN3O2. The Labute approximate surface area is 148 Å². The van der Waals surface area contributed by atoms with E-state index < -0.39 is 6.04 Å². The third kappa shape index (κ3) is 5.18. The van der Waals surface area contributed by atoms with E-state index in [0.29, 0.717) is 38.2 Å². The molecule has 24 heavy (non-hydrogen) atoms. The molecule has 2 N–H and O–H groups in total. The highest BCUT2D eigenvalue weighted by atomic mass is 35.5. The first-order valence-electron chi connectivity index (χ1n) is 8.12. The summed E-state index contributed by atoms with van der Waals surface area (Å²) in [6.45, 7) is 4.16. The second kappa shape index (κ2) is 9.59. The lowest BCUT2D eigenvalue weighted by atomic mass is 10.1. The molecule has 7 heteroatoms. The minimum atomic E-state index is -0.459. The van der Waals surface area contributed by atoms with Gasteiger partial charge >= 0.3 is 0 Å². The van der Waals surface area contributed by atoms with Gasteiger partial charge in [-0.3, -0.25) is 9.59 Å². The van der Waals surface area contributed by atoms with Crippen LogP contribution in [0.2, 0.25) is 0 Å². The maximum atomic E-state index is 13.0. The van der Waals surface area contributed by atoms with E-state index in [0.717, 1.165) is 12.8 Å². The highest BCUT2D eigenvalue weighted by Crippen LogP contribution is 2.11. The van der Waals surface area contributed by atoms with Gasteiger partial charge in [-0.25, -0.2) is 4.39 Å². The molecule has 0 spiro atoms. The molecule has 0 aliphatic carbocycles. The molecule has 1 atom stereocenters. The highest BCUT2D eigenvalue weighted by Gasteiger charge is 2.25. The monoisotopic (exact) mass is 357 g/mol.